The number of thiophene rings is 1. The zero-order chi connectivity index (χ0) is 21.6. The van der Waals surface area contributed by atoms with Crippen LogP contribution in [0.3, 0.4) is 0 Å². The number of sulfonamides is 1. The molecule has 1 fully saturated rings. The molecule has 1 unspecified atom stereocenters. The summed E-state index contributed by atoms with van der Waals surface area (Å²) in [4.78, 5) is 25.1. The predicted molar refractivity (Wildman–Crippen MR) is 113 cm³/mol. The number of rotatable bonds is 8. The Morgan fingerprint density at radius 1 is 1.17 bits per heavy atom. The molecule has 3 rings (SSSR count). The molecule has 8 nitrogen and oxygen atoms in total. The number of carbonyl (C=O) groups excluding carboxylic acids is 2. The molecule has 2 amide bonds. The van der Waals surface area contributed by atoms with Gasteiger partial charge < -0.3 is 15.4 Å². The fourth-order valence-electron chi connectivity index (χ4n) is 3.24. The van der Waals surface area contributed by atoms with Crippen LogP contribution >= 0.6 is 11.3 Å². The number of hydrogen-bond donors (Lipinski definition) is 2. The highest BCUT2D eigenvalue weighted by Crippen LogP contribution is 2.23. The molecule has 10 heteroatoms. The lowest BCUT2D eigenvalue weighted by Gasteiger charge is -2.27. The van der Waals surface area contributed by atoms with Crippen molar-refractivity contribution in [3.63, 3.8) is 0 Å². The third-order valence-electron chi connectivity index (χ3n) is 4.69. The van der Waals surface area contributed by atoms with Crippen molar-refractivity contribution in [3.8, 4) is 0 Å². The third kappa shape index (κ3) is 5.66. The minimum Gasteiger partial charge on any atom is -0.379 e. The molecule has 2 aromatic rings. The molecule has 0 radical (unpaired) electrons. The maximum Gasteiger partial charge on any atom is 0.243 e. The van der Waals surface area contributed by atoms with Crippen LogP contribution in [0, 0.1) is 0 Å². The van der Waals surface area contributed by atoms with Crippen LogP contribution in [0.5, 0.6) is 0 Å². The SMILES string of the molecule is CC(=O)NC(CC(=O)NCc1ccccc1S(=O)(=O)N1CCOCC1)c1cccs1. The highest BCUT2D eigenvalue weighted by atomic mass is 32.2. The van der Waals surface area contributed by atoms with Gasteiger partial charge in [-0.1, -0.05) is 24.3 Å². The van der Waals surface area contributed by atoms with E-state index in [2.05, 4.69) is 10.6 Å². The monoisotopic (exact) mass is 451 g/mol. The lowest BCUT2D eigenvalue weighted by Crippen LogP contribution is -2.41. The first-order valence-corrected chi connectivity index (χ1v) is 11.9. The van der Waals surface area contributed by atoms with E-state index in [1.165, 1.54) is 22.6 Å². The Balaban J connectivity index is 1.68. The topological polar surface area (TPSA) is 105 Å². The average molecular weight is 452 g/mol. The van der Waals surface area contributed by atoms with Crippen LogP contribution < -0.4 is 10.6 Å². The Labute approximate surface area is 180 Å². The predicted octanol–water partition coefficient (Wildman–Crippen LogP) is 1.65. The lowest BCUT2D eigenvalue weighted by molar-refractivity contribution is -0.122. The molecule has 1 aliphatic heterocycles. The van der Waals surface area contributed by atoms with Crippen LogP contribution in [-0.4, -0.2) is 50.8 Å². The summed E-state index contributed by atoms with van der Waals surface area (Å²) in [6, 6.07) is 9.96. The van der Waals surface area contributed by atoms with Crippen molar-refractivity contribution >= 4 is 33.2 Å². The van der Waals surface area contributed by atoms with Crippen LogP contribution in [0.15, 0.2) is 46.7 Å². The number of morpholine rings is 1. The molecule has 0 saturated carbocycles. The Hall–Kier alpha value is -2.27. The van der Waals surface area contributed by atoms with Crippen LogP contribution in [0.2, 0.25) is 0 Å². The number of hydrogen-bond acceptors (Lipinski definition) is 6. The van der Waals surface area contributed by atoms with Gasteiger partial charge in [-0.15, -0.1) is 11.3 Å². The van der Waals surface area contributed by atoms with Crippen molar-refractivity contribution in [2.45, 2.75) is 30.8 Å². The first-order valence-electron chi connectivity index (χ1n) is 9.61. The van der Waals surface area contributed by atoms with Crippen LogP contribution in [0.4, 0.5) is 0 Å². The fourth-order valence-corrected chi connectivity index (χ4v) is 5.64. The largest absolute Gasteiger partial charge is 0.379 e. The fraction of sp³-hybridized carbons (Fsp3) is 0.400. The van der Waals surface area contributed by atoms with Gasteiger partial charge in [0.05, 0.1) is 30.6 Å². The van der Waals surface area contributed by atoms with E-state index in [4.69, 9.17) is 4.74 Å². The van der Waals surface area contributed by atoms with Crippen LogP contribution in [-0.2, 0) is 30.9 Å². The highest BCUT2D eigenvalue weighted by molar-refractivity contribution is 7.89. The lowest BCUT2D eigenvalue weighted by atomic mass is 10.1. The van der Waals surface area contributed by atoms with Crippen molar-refractivity contribution in [1.29, 1.82) is 0 Å². The van der Waals surface area contributed by atoms with Gasteiger partial charge in [-0.2, -0.15) is 4.31 Å². The van der Waals surface area contributed by atoms with E-state index < -0.39 is 16.1 Å². The van der Waals surface area contributed by atoms with Crippen molar-refractivity contribution in [2.24, 2.45) is 0 Å². The van der Waals surface area contributed by atoms with E-state index in [0.29, 0.717) is 31.9 Å². The molecule has 0 aliphatic carbocycles. The van der Waals surface area contributed by atoms with Crippen LogP contribution in [0.25, 0.3) is 0 Å². The van der Waals surface area contributed by atoms with Gasteiger partial charge >= 0.3 is 0 Å². The summed E-state index contributed by atoms with van der Waals surface area (Å²) < 4.78 is 32.7. The summed E-state index contributed by atoms with van der Waals surface area (Å²) in [5, 5.41) is 7.46. The molecule has 2 heterocycles. The van der Waals surface area contributed by atoms with Crippen LogP contribution in [0.1, 0.15) is 29.8 Å². The zero-order valence-corrected chi connectivity index (χ0v) is 18.3. The summed E-state index contributed by atoms with van der Waals surface area (Å²) >= 11 is 1.46. The molecule has 0 spiro atoms. The van der Waals surface area contributed by atoms with Crippen molar-refractivity contribution in [2.75, 3.05) is 26.3 Å². The standard InChI is InChI=1S/C20H25N3O5S2/c1-15(24)22-17(18-6-4-12-29-18)13-20(25)21-14-16-5-2-3-7-19(16)30(26,27)23-8-10-28-11-9-23/h2-7,12,17H,8-11,13-14H2,1H3,(H,21,25)(H,22,24). The minimum atomic E-state index is -3.67. The molecule has 1 aromatic heterocycles. The van der Waals surface area contributed by atoms with E-state index in [-0.39, 0.29) is 29.7 Å². The molecule has 30 heavy (non-hydrogen) atoms. The smallest absolute Gasteiger partial charge is 0.243 e. The Bertz CT molecular complexity index is 970. The second-order valence-corrected chi connectivity index (χ2v) is 9.76. The second-order valence-electron chi connectivity index (χ2n) is 6.87. The Kier molecular flexibility index (Phi) is 7.59. The molecule has 0 bridgehead atoms. The van der Waals surface area contributed by atoms with E-state index in [9.17, 15) is 18.0 Å². The number of amides is 2. The molecule has 1 aliphatic rings. The third-order valence-corrected chi connectivity index (χ3v) is 7.68. The maximum atomic E-state index is 13.0. The van der Waals surface area contributed by atoms with Gasteiger partial charge in [-0.05, 0) is 23.1 Å². The summed E-state index contributed by atoms with van der Waals surface area (Å²) in [7, 11) is -3.67. The van der Waals surface area contributed by atoms with E-state index in [1.807, 2.05) is 17.5 Å². The number of nitrogens with one attached hydrogen (secondary N) is 2. The number of benzene rings is 1. The summed E-state index contributed by atoms with van der Waals surface area (Å²) in [6.07, 6.45) is 0.0679. The van der Waals surface area contributed by atoms with Gasteiger partial charge in [0.25, 0.3) is 0 Å². The van der Waals surface area contributed by atoms with Gasteiger partial charge in [0.2, 0.25) is 21.8 Å². The van der Waals surface area contributed by atoms with Crippen molar-refractivity contribution in [3.05, 3.63) is 52.2 Å². The number of ether oxygens (including phenoxy) is 1. The van der Waals surface area contributed by atoms with Gasteiger partial charge in [-0.25, -0.2) is 8.42 Å². The van der Waals surface area contributed by atoms with E-state index in [1.54, 1.807) is 24.3 Å². The van der Waals surface area contributed by atoms with E-state index >= 15 is 0 Å². The second kappa shape index (κ2) is 10.2. The Morgan fingerprint density at radius 3 is 2.57 bits per heavy atom. The molecular formula is C20H25N3O5S2. The number of nitrogens with zero attached hydrogens (tertiary/aromatic N) is 1. The molecule has 1 saturated heterocycles. The van der Waals surface area contributed by atoms with Gasteiger partial charge in [-0.3, -0.25) is 9.59 Å². The molecular weight excluding hydrogens is 426 g/mol. The van der Waals surface area contributed by atoms with Gasteiger partial charge in [0, 0.05) is 31.4 Å². The maximum absolute atomic E-state index is 13.0. The first kappa shape index (κ1) is 22.4. The van der Waals surface area contributed by atoms with Crippen molar-refractivity contribution < 1.29 is 22.7 Å². The van der Waals surface area contributed by atoms with Crippen molar-refractivity contribution in [1.82, 2.24) is 14.9 Å². The van der Waals surface area contributed by atoms with Gasteiger partial charge in [0.1, 0.15) is 0 Å². The molecule has 2 N–H and O–H groups in total. The number of carbonyl (C=O) groups is 2. The van der Waals surface area contributed by atoms with Gasteiger partial charge in [0.15, 0.2) is 0 Å². The van der Waals surface area contributed by atoms with E-state index in [0.717, 1.165) is 4.88 Å². The average Bonchev–Trinajstić information content (AvgIpc) is 3.27. The summed E-state index contributed by atoms with van der Waals surface area (Å²) in [6.45, 7) is 2.84. The summed E-state index contributed by atoms with van der Waals surface area (Å²) in [5.41, 5.74) is 0.518. The molecule has 1 atom stereocenters. The summed E-state index contributed by atoms with van der Waals surface area (Å²) in [5.74, 6) is -0.496. The normalized spacial score (nSPS) is 16.0. The molecule has 1 aromatic carbocycles. The zero-order valence-electron chi connectivity index (χ0n) is 16.7. The quantitative estimate of drug-likeness (QED) is 0.635. The minimum absolute atomic E-state index is 0.0679. The molecule has 162 valence electrons. The first-order chi connectivity index (χ1) is 14.4. The Morgan fingerprint density at radius 2 is 1.90 bits per heavy atom. The highest BCUT2D eigenvalue weighted by Gasteiger charge is 2.28.